The number of primary amides is 1. The molecule has 4 atom stereocenters. The largest absolute Gasteiger partial charge is 0.422 e. The first kappa shape index (κ1) is 43.9. The number of hydrogen-bond donors (Lipinski definition) is 5. The monoisotopic (exact) mass is 723 g/mol. The second kappa shape index (κ2) is 23.3. The van der Waals surface area contributed by atoms with Gasteiger partial charge in [-0.05, 0) is 70.1 Å². The van der Waals surface area contributed by atoms with Crippen molar-refractivity contribution in [3.8, 4) is 0 Å². The number of carbonyl (C=O) groups is 4. The highest BCUT2D eigenvalue weighted by molar-refractivity contribution is 5.89. The summed E-state index contributed by atoms with van der Waals surface area (Å²) in [7, 11) is 3.14. The average molecular weight is 724 g/mol. The van der Waals surface area contributed by atoms with E-state index in [2.05, 4.69) is 26.1 Å². The Morgan fingerprint density at radius 3 is 2.16 bits per heavy atom. The first-order valence-corrected chi connectivity index (χ1v) is 18.9. The van der Waals surface area contributed by atoms with Crippen LogP contribution in [0.15, 0.2) is 4.42 Å². The molecule has 2 aliphatic carbocycles. The maximum atomic E-state index is 13.3. The van der Waals surface area contributed by atoms with Crippen molar-refractivity contribution in [1.29, 1.82) is 0 Å². The number of amides is 5. The summed E-state index contributed by atoms with van der Waals surface area (Å²) < 4.78 is 16.9. The summed E-state index contributed by atoms with van der Waals surface area (Å²) in [6.07, 6.45) is 10.4. The number of ether oxygens (including phenoxy) is 2. The van der Waals surface area contributed by atoms with E-state index in [1.54, 1.807) is 7.11 Å². The van der Waals surface area contributed by atoms with Gasteiger partial charge in [0.2, 0.25) is 23.6 Å². The zero-order valence-electron chi connectivity index (χ0n) is 31.9. The lowest BCUT2D eigenvalue weighted by molar-refractivity contribution is -0.143. The molecule has 1 aromatic heterocycles. The number of nitrogens with two attached hydrogens (primary N) is 1. The van der Waals surface area contributed by atoms with Gasteiger partial charge in [0.15, 0.2) is 6.04 Å². The van der Waals surface area contributed by atoms with E-state index in [1.165, 1.54) is 13.5 Å². The Kier molecular flexibility index (Phi) is 20.0. The van der Waals surface area contributed by atoms with Crippen LogP contribution in [0.1, 0.15) is 129 Å². The molecule has 0 spiro atoms. The van der Waals surface area contributed by atoms with Gasteiger partial charge in [0.05, 0.1) is 18.8 Å². The quantitative estimate of drug-likeness (QED) is 0.200. The summed E-state index contributed by atoms with van der Waals surface area (Å²) in [6, 6.07) is -2.56. The number of aromatic nitrogens is 2. The highest BCUT2D eigenvalue weighted by atomic mass is 16.5. The Morgan fingerprint density at radius 1 is 0.902 bits per heavy atom. The molecule has 51 heavy (non-hydrogen) atoms. The minimum Gasteiger partial charge on any atom is -0.422 e. The average Bonchev–Trinajstić information content (AvgIpc) is 3.63. The van der Waals surface area contributed by atoms with Crippen LogP contribution in [-0.2, 0) is 23.9 Å². The molecular weight excluding hydrogens is 658 g/mol. The van der Waals surface area contributed by atoms with Gasteiger partial charge in [-0.15, -0.1) is 10.2 Å². The van der Waals surface area contributed by atoms with Crippen molar-refractivity contribution in [3.05, 3.63) is 11.8 Å². The van der Waals surface area contributed by atoms with Gasteiger partial charge in [-0.1, -0.05) is 47.0 Å². The molecule has 1 aromatic rings. The predicted molar refractivity (Wildman–Crippen MR) is 192 cm³/mol. The minimum atomic E-state index is -1.05. The summed E-state index contributed by atoms with van der Waals surface area (Å²) in [4.78, 5) is 50.2. The third-order valence-electron chi connectivity index (χ3n) is 9.65. The van der Waals surface area contributed by atoms with E-state index < -0.39 is 30.1 Å². The lowest BCUT2D eigenvalue weighted by Crippen LogP contribution is -2.57. The molecule has 292 valence electrons. The molecule has 0 aromatic carbocycles. The van der Waals surface area contributed by atoms with Gasteiger partial charge >= 0.3 is 6.03 Å². The van der Waals surface area contributed by atoms with Gasteiger partial charge in [-0.25, -0.2) is 4.79 Å². The molecule has 5 amide bonds. The molecule has 1 aliphatic heterocycles. The lowest BCUT2D eigenvalue weighted by atomic mass is 9.88. The number of rotatable bonds is 13. The molecule has 3 aliphatic rings. The van der Waals surface area contributed by atoms with Crippen molar-refractivity contribution < 1.29 is 38.2 Å². The van der Waals surface area contributed by atoms with Crippen LogP contribution in [-0.4, -0.2) is 103 Å². The van der Waals surface area contributed by atoms with Crippen molar-refractivity contribution in [2.75, 3.05) is 40.5 Å². The summed E-state index contributed by atoms with van der Waals surface area (Å²) in [6.45, 7) is 12.1. The summed E-state index contributed by atoms with van der Waals surface area (Å²) in [5.41, 5.74) is 5.05. The molecule has 4 unspecified atom stereocenters. The second-order valence-electron chi connectivity index (χ2n) is 14.0. The molecule has 2 heterocycles. The number of aliphatic hydroxyl groups is 1. The normalized spacial score (nSPS) is 22.6. The molecule has 15 nitrogen and oxygen atoms in total. The molecule has 0 radical (unpaired) electrons. The number of hydrogen-bond acceptors (Lipinski definition) is 10. The van der Waals surface area contributed by atoms with Gasteiger partial charge in [0.1, 0.15) is 6.04 Å². The predicted octanol–water partition coefficient (Wildman–Crippen LogP) is 3.57. The maximum Gasteiger partial charge on any atom is 0.313 e. The number of likely N-dealkylation sites (N-methyl/N-ethyl adjacent to an activating group) is 1. The van der Waals surface area contributed by atoms with Gasteiger partial charge in [0, 0.05) is 45.7 Å². The van der Waals surface area contributed by atoms with E-state index in [9.17, 15) is 24.3 Å². The Bertz CT molecular complexity index is 1180. The standard InChI is InChI=1S/C22H40N2O5.C12H19N5O3.C2H6/c1-15(2)21(26)23-20(16(3)29-14-17-7-9-19(25)10-8-17)22(27)24-11-5-6-18(12-24)13-28-4;1-14-9(18)8(15-12(13)19)11-17-16-10(20-11)7-5-3-2-4-6-7;1-2/h15-20,25H,5-14H2,1-4H3,(H,23,26);7-8H,2-6H2,1H3,(H,14,18)(H3,13,15,19);1-2H3. The van der Waals surface area contributed by atoms with Crippen molar-refractivity contribution in [2.45, 2.75) is 135 Å². The van der Waals surface area contributed by atoms with Crippen LogP contribution in [0, 0.1) is 17.8 Å². The molecule has 2 saturated carbocycles. The second-order valence-corrected chi connectivity index (χ2v) is 14.0. The number of nitrogens with zero attached hydrogens (tertiary/aromatic N) is 3. The fourth-order valence-corrected chi connectivity index (χ4v) is 6.63. The van der Waals surface area contributed by atoms with E-state index in [4.69, 9.17) is 19.6 Å². The van der Waals surface area contributed by atoms with E-state index >= 15 is 0 Å². The van der Waals surface area contributed by atoms with Gasteiger partial charge in [-0.2, -0.15) is 0 Å². The van der Waals surface area contributed by atoms with Crippen LogP contribution in [0.5, 0.6) is 0 Å². The summed E-state index contributed by atoms with van der Waals surface area (Å²) >= 11 is 0. The Morgan fingerprint density at radius 2 is 1.57 bits per heavy atom. The fourth-order valence-electron chi connectivity index (χ4n) is 6.63. The van der Waals surface area contributed by atoms with E-state index in [0.717, 1.165) is 64.2 Å². The van der Waals surface area contributed by atoms with Gasteiger partial charge in [-0.3, -0.25) is 14.4 Å². The van der Waals surface area contributed by atoms with E-state index in [1.807, 2.05) is 39.5 Å². The van der Waals surface area contributed by atoms with Gasteiger partial charge in [0.25, 0.3) is 5.91 Å². The van der Waals surface area contributed by atoms with Crippen LogP contribution < -0.4 is 21.7 Å². The van der Waals surface area contributed by atoms with Crippen LogP contribution in [0.25, 0.3) is 0 Å². The Labute approximate surface area is 303 Å². The molecule has 6 N–H and O–H groups in total. The lowest BCUT2D eigenvalue weighted by Gasteiger charge is -2.37. The minimum absolute atomic E-state index is 0.0590. The Balaban J connectivity index is 0.000000357. The molecule has 4 rings (SSSR count). The Hall–Kier alpha value is -3.30. The van der Waals surface area contributed by atoms with Crippen molar-refractivity contribution in [3.63, 3.8) is 0 Å². The fraction of sp³-hybridized carbons (Fsp3) is 0.833. The molecule has 1 saturated heterocycles. The van der Waals surface area contributed by atoms with Crippen molar-refractivity contribution in [2.24, 2.45) is 23.5 Å². The smallest absolute Gasteiger partial charge is 0.313 e. The van der Waals surface area contributed by atoms with Gasteiger partial charge < -0.3 is 45.6 Å². The third-order valence-corrected chi connectivity index (χ3v) is 9.65. The third kappa shape index (κ3) is 14.7. The molecule has 15 heteroatoms. The zero-order valence-corrected chi connectivity index (χ0v) is 31.9. The first-order valence-electron chi connectivity index (χ1n) is 18.9. The van der Waals surface area contributed by atoms with E-state index in [0.29, 0.717) is 44.0 Å². The molecule has 3 fully saturated rings. The van der Waals surface area contributed by atoms with Crippen LogP contribution >= 0.6 is 0 Å². The number of carbonyl (C=O) groups excluding carboxylic acids is 4. The van der Waals surface area contributed by atoms with Crippen LogP contribution in [0.2, 0.25) is 0 Å². The van der Waals surface area contributed by atoms with Crippen LogP contribution in [0.4, 0.5) is 4.79 Å². The highest BCUT2D eigenvalue weighted by Gasteiger charge is 2.35. The topological polar surface area (TPSA) is 211 Å². The number of piperidine rings is 1. The first-order chi connectivity index (χ1) is 24.4. The van der Waals surface area contributed by atoms with Crippen molar-refractivity contribution in [1.82, 2.24) is 31.0 Å². The maximum absolute atomic E-state index is 13.3. The number of methoxy groups -OCH3 is 1. The number of urea groups is 1. The van der Waals surface area contributed by atoms with E-state index in [-0.39, 0.29) is 35.6 Å². The van der Waals surface area contributed by atoms with Crippen LogP contribution in [0.3, 0.4) is 0 Å². The molecule has 0 bridgehead atoms. The highest BCUT2D eigenvalue weighted by Crippen LogP contribution is 2.32. The summed E-state index contributed by atoms with van der Waals surface area (Å²) in [5.74, 6) is 0.717. The SMILES string of the molecule is CC.CNC(=O)C(NC(N)=O)c1nnc(C2CCCCC2)o1.COCC1CCCN(C(=O)C(NC(=O)C(C)C)C(C)OCC2CCC(O)CC2)C1. The number of aliphatic hydroxyl groups excluding tert-OH is 1. The number of likely N-dealkylation sites (tertiary alicyclic amines) is 1. The molecular formula is C36H65N7O8. The number of nitrogens with one attached hydrogen (secondary N) is 3. The zero-order chi connectivity index (χ0) is 37.9. The summed E-state index contributed by atoms with van der Waals surface area (Å²) in [5, 5.41) is 25.2. The van der Waals surface area contributed by atoms with Crippen molar-refractivity contribution >= 4 is 23.8 Å².